The molecule has 0 fully saturated rings. The van der Waals surface area contributed by atoms with Crippen LogP contribution in [0.25, 0.3) is 22.4 Å². The van der Waals surface area contributed by atoms with Crippen molar-refractivity contribution in [3.63, 3.8) is 0 Å². The van der Waals surface area contributed by atoms with Crippen LogP contribution in [-0.2, 0) is 10.0 Å². The van der Waals surface area contributed by atoms with Crippen LogP contribution >= 0.6 is 11.6 Å². The predicted octanol–water partition coefficient (Wildman–Crippen LogP) is 2.74. The Labute approximate surface area is 148 Å². The first-order valence-corrected chi connectivity index (χ1v) is 8.90. The van der Waals surface area contributed by atoms with Gasteiger partial charge in [0.15, 0.2) is 5.69 Å². The molecule has 0 bridgehead atoms. The number of halogens is 1. The molecule has 0 saturated carbocycles. The normalized spacial score (nSPS) is 11.4. The van der Waals surface area contributed by atoms with Crippen LogP contribution in [0.4, 0.5) is 0 Å². The molecular weight excluding hydrogens is 366 g/mol. The number of nitrogens with one attached hydrogen (secondary N) is 1. The Morgan fingerprint density at radius 2 is 1.60 bits per heavy atom. The smallest absolute Gasteiger partial charge is 0.354 e. The molecule has 1 heterocycles. The van der Waals surface area contributed by atoms with Crippen molar-refractivity contribution >= 4 is 27.6 Å². The number of nitrogens with zero attached hydrogens (tertiary/aromatic N) is 1. The van der Waals surface area contributed by atoms with E-state index in [1.54, 1.807) is 24.3 Å². The second-order valence-electron chi connectivity index (χ2n) is 5.20. The number of H-pyrrole nitrogens is 1. The summed E-state index contributed by atoms with van der Waals surface area (Å²) in [5, 5.41) is 21.6. The maximum Gasteiger partial charge on any atom is 0.354 e. The van der Waals surface area contributed by atoms with E-state index in [0.717, 1.165) is 0 Å². The average molecular weight is 378 g/mol. The number of sulfonamides is 1. The van der Waals surface area contributed by atoms with Crippen molar-refractivity contribution in [1.29, 1.82) is 0 Å². The summed E-state index contributed by atoms with van der Waals surface area (Å²) in [6, 6.07) is 12.4. The van der Waals surface area contributed by atoms with Crippen molar-refractivity contribution in [2.75, 3.05) is 0 Å². The molecule has 7 nitrogen and oxygen atoms in total. The minimum atomic E-state index is -3.84. The number of carboxylic acids is 1. The molecule has 128 valence electrons. The molecule has 0 unspecified atom stereocenters. The molecule has 2 aromatic carbocycles. The van der Waals surface area contributed by atoms with Crippen LogP contribution < -0.4 is 5.14 Å². The third kappa shape index (κ3) is 3.41. The van der Waals surface area contributed by atoms with Crippen molar-refractivity contribution in [2.45, 2.75) is 4.90 Å². The number of hydrogen-bond donors (Lipinski definition) is 3. The fourth-order valence-corrected chi connectivity index (χ4v) is 3.05. The monoisotopic (exact) mass is 377 g/mol. The molecule has 0 saturated heterocycles. The molecule has 0 aliphatic heterocycles. The lowest BCUT2D eigenvalue weighted by atomic mass is 9.99. The van der Waals surface area contributed by atoms with E-state index in [4.69, 9.17) is 16.7 Å². The highest BCUT2D eigenvalue weighted by Gasteiger charge is 2.21. The number of aromatic amines is 1. The maximum absolute atomic E-state index is 11.5. The zero-order chi connectivity index (χ0) is 18.2. The maximum atomic E-state index is 11.5. The third-order valence-electron chi connectivity index (χ3n) is 3.57. The van der Waals surface area contributed by atoms with Gasteiger partial charge in [0.05, 0.1) is 4.90 Å². The summed E-state index contributed by atoms with van der Waals surface area (Å²) >= 11 is 5.88. The first-order valence-electron chi connectivity index (χ1n) is 6.98. The topological polar surface area (TPSA) is 126 Å². The van der Waals surface area contributed by atoms with Gasteiger partial charge in [0.25, 0.3) is 0 Å². The Balaban J connectivity index is 2.18. The van der Waals surface area contributed by atoms with Gasteiger partial charge >= 0.3 is 5.97 Å². The Hall–Kier alpha value is -2.68. The van der Waals surface area contributed by atoms with E-state index in [-0.39, 0.29) is 10.6 Å². The van der Waals surface area contributed by atoms with Gasteiger partial charge in [-0.15, -0.1) is 0 Å². The van der Waals surface area contributed by atoms with E-state index >= 15 is 0 Å². The molecule has 9 heteroatoms. The number of hydrogen-bond acceptors (Lipinski definition) is 4. The Morgan fingerprint density at radius 1 is 1.04 bits per heavy atom. The Bertz CT molecular complexity index is 1040. The number of aromatic nitrogens is 2. The summed E-state index contributed by atoms with van der Waals surface area (Å²) in [5.41, 5.74) is 1.81. The SMILES string of the molecule is NS(=O)(=O)c1ccc(-c2c(-c3ccc(Cl)cc3)n[nH]c2C(=O)O)cc1. The molecular formula is C16H12ClN3O4S. The summed E-state index contributed by atoms with van der Waals surface area (Å²) in [5.74, 6) is -1.18. The van der Waals surface area contributed by atoms with Crippen LogP contribution in [-0.4, -0.2) is 29.7 Å². The lowest BCUT2D eigenvalue weighted by Gasteiger charge is -2.06. The average Bonchev–Trinajstić information content (AvgIpc) is 3.00. The largest absolute Gasteiger partial charge is 0.477 e. The highest BCUT2D eigenvalue weighted by molar-refractivity contribution is 7.89. The second-order valence-corrected chi connectivity index (χ2v) is 7.20. The van der Waals surface area contributed by atoms with Crippen molar-refractivity contribution in [3.05, 3.63) is 59.2 Å². The molecule has 0 aliphatic carbocycles. The quantitative estimate of drug-likeness (QED) is 0.644. The van der Waals surface area contributed by atoms with E-state index in [0.29, 0.717) is 27.4 Å². The van der Waals surface area contributed by atoms with Gasteiger partial charge in [-0.05, 0) is 29.8 Å². The molecule has 0 spiro atoms. The summed E-state index contributed by atoms with van der Waals surface area (Å²) < 4.78 is 22.8. The molecule has 25 heavy (non-hydrogen) atoms. The molecule has 0 amide bonds. The summed E-state index contributed by atoms with van der Waals surface area (Å²) in [6.45, 7) is 0. The second kappa shape index (κ2) is 6.32. The third-order valence-corrected chi connectivity index (χ3v) is 4.75. The van der Waals surface area contributed by atoms with E-state index in [9.17, 15) is 18.3 Å². The van der Waals surface area contributed by atoms with Crippen molar-refractivity contribution in [2.24, 2.45) is 5.14 Å². The minimum Gasteiger partial charge on any atom is -0.477 e. The lowest BCUT2D eigenvalue weighted by molar-refractivity contribution is 0.0691. The van der Waals surface area contributed by atoms with Crippen LogP contribution in [0.3, 0.4) is 0 Å². The van der Waals surface area contributed by atoms with Gasteiger partial charge in [-0.1, -0.05) is 35.9 Å². The fourth-order valence-electron chi connectivity index (χ4n) is 2.41. The lowest BCUT2D eigenvalue weighted by Crippen LogP contribution is -2.11. The molecule has 3 rings (SSSR count). The summed E-state index contributed by atoms with van der Waals surface area (Å²) in [6.07, 6.45) is 0. The first kappa shape index (κ1) is 17.2. The number of rotatable bonds is 4. The van der Waals surface area contributed by atoms with Crippen LogP contribution in [0.1, 0.15) is 10.5 Å². The van der Waals surface area contributed by atoms with Crippen molar-refractivity contribution < 1.29 is 18.3 Å². The fraction of sp³-hybridized carbons (Fsp3) is 0. The molecule has 4 N–H and O–H groups in total. The van der Waals surface area contributed by atoms with Gasteiger partial charge in [0.1, 0.15) is 5.69 Å². The number of carboxylic acid groups (broad SMARTS) is 1. The van der Waals surface area contributed by atoms with Crippen molar-refractivity contribution in [3.8, 4) is 22.4 Å². The standard InChI is InChI=1S/C16H12ClN3O4S/c17-11-5-1-10(2-6-11)14-13(15(16(21)22)20-19-14)9-3-7-12(8-4-9)25(18,23)24/h1-8H,(H,19,20)(H,21,22)(H2,18,23,24). The summed E-state index contributed by atoms with van der Waals surface area (Å²) in [7, 11) is -3.84. The van der Waals surface area contributed by atoms with E-state index in [1.807, 2.05) is 0 Å². The Morgan fingerprint density at radius 3 is 2.12 bits per heavy atom. The highest BCUT2D eigenvalue weighted by Crippen LogP contribution is 2.34. The minimum absolute atomic E-state index is 0.0651. The van der Waals surface area contributed by atoms with E-state index in [2.05, 4.69) is 10.2 Å². The highest BCUT2D eigenvalue weighted by atomic mass is 35.5. The van der Waals surface area contributed by atoms with Gasteiger partial charge in [-0.2, -0.15) is 5.10 Å². The molecule has 0 radical (unpaired) electrons. The van der Waals surface area contributed by atoms with Crippen LogP contribution in [0.2, 0.25) is 5.02 Å². The van der Waals surface area contributed by atoms with Crippen LogP contribution in [0.5, 0.6) is 0 Å². The predicted molar refractivity (Wildman–Crippen MR) is 92.8 cm³/mol. The number of aromatic carboxylic acids is 1. The van der Waals surface area contributed by atoms with E-state index in [1.165, 1.54) is 24.3 Å². The van der Waals surface area contributed by atoms with Crippen LogP contribution in [0, 0.1) is 0 Å². The zero-order valence-electron chi connectivity index (χ0n) is 12.6. The summed E-state index contributed by atoms with van der Waals surface area (Å²) in [4.78, 5) is 11.4. The molecule has 1 aromatic heterocycles. The number of benzene rings is 2. The zero-order valence-corrected chi connectivity index (χ0v) is 14.2. The van der Waals surface area contributed by atoms with Crippen LogP contribution in [0.15, 0.2) is 53.4 Å². The Kier molecular flexibility index (Phi) is 4.34. The number of carbonyl (C=O) groups is 1. The van der Waals surface area contributed by atoms with Gasteiger partial charge in [-0.3, -0.25) is 5.10 Å². The van der Waals surface area contributed by atoms with Crippen molar-refractivity contribution in [1.82, 2.24) is 10.2 Å². The van der Waals surface area contributed by atoms with E-state index < -0.39 is 16.0 Å². The van der Waals surface area contributed by atoms with Gasteiger partial charge < -0.3 is 5.11 Å². The number of primary sulfonamides is 1. The van der Waals surface area contributed by atoms with Gasteiger partial charge in [0.2, 0.25) is 10.0 Å². The molecule has 3 aromatic rings. The number of nitrogens with two attached hydrogens (primary N) is 1. The first-order chi connectivity index (χ1) is 11.8. The van der Waals surface area contributed by atoms with Gasteiger partial charge in [0, 0.05) is 16.1 Å². The molecule has 0 aliphatic rings. The molecule has 0 atom stereocenters. The van der Waals surface area contributed by atoms with Gasteiger partial charge in [-0.25, -0.2) is 18.4 Å².